The second-order valence-corrected chi connectivity index (χ2v) is 4.42. The quantitative estimate of drug-likeness (QED) is 0.679. The van der Waals surface area contributed by atoms with E-state index in [2.05, 4.69) is 20.6 Å². The highest BCUT2D eigenvalue weighted by molar-refractivity contribution is 5.80. The predicted molar refractivity (Wildman–Crippen MR) is 61.2 cm³/mol. The van der Waals surface area contributed by atoms with Crippen LogP contribution in [0.2, 0.25) is 0 Å². The maximum absolute atomic E-state index is 11.4. The summed E-state index contributed by atoms with van der Waals surface area (Å²) >= 11 is 0. The number of nitrogens with zero attached hydrogens (tertiary/aromatic N) is 1. The molecule has 0 fully saturated rings. The molecule has 0 aliphatic carbocycles. The predicted octanol–water partition coefficient (Wildman–Crippen LogP) is 0.0965. The Morgan fingerprint density at radius 3 is 2.75 bits per heavy atom. The van der Waals surface area contributed by atoms with Gasteiger partial charge < -0.3 is 15.6 Å². The third-order valence-electron chi connectivity index (χ3n) is 1.64. The number of anilines is 1. The maximum Gasteiger partial charge on any atom is 0.290 e. The van der Waals surface area contributed by atoms with E-state index in [0.29, 0.717) is 0 Å². The third-order valence-corrected chi connectivity index (χ3v) is 1.64. The molecule has 1 rings (SSSR count). The van der Waals surface area contributed by atoms with E-state index in [1.54, 1.807) is 0 Å². The van der Waals surface area contributed by atoms with E-state index >= 15 is 0 Å². The van der Waals surface area contributed by atoms with Crippen molar-refractivity contribution in [3.63, 3.8) is 0 Å². The van der Waals surface area contributed by atoms with E-state index in [1.165, 1.54) is 12.4 Å². The van der Waals surface area contributed by atoms with Gasteiger partial charge in [-0.3, -0.25) is 9.59 Å². The maximum atomic E-state index is 11.4. The van der Waals surface area contributed by atoms with Gasteiger partial charge in [-0.15, -0.1) is 0 Å². The molecule has 1 aromatic rings. The Morgan fingerprint density at radius 2 is 2.19 bits per heavy atom. The first-order valence-electron chi connectivity index (χ1n) is 4.97. The summed E-state index contributed by atoms with van der Waals surface area (Å²) < 4.78 is 0. The van der Waals surface area contributed by atoms with Gasteiger partial charge in [0.1, 0.15) is 0 Å². The Bertz CT molecular complexity index is 419. The minimum absolute atomic E-state index is 0.0252. The van der Waals surface area contributed by atoms with E-state index < -0.39 is 0 Å². The Morgan fingerprint density at radius 1 is 1.50 bits per heavy atom. The standard InChI is InChI=1S/C10H16N4O2/c1-10(2,3)14-7(15)6-13-8-9(16)12-5-4-11-8/h4-5H,6H2,1-3H3,(H,11,13)(H,12,16)(H,14,15). The molecule has 0 aliphatic heterocycles. The molecule has 0 aromatic carbocycles. The lowest BCUT2D eigenvalue weighted by molar-refractivity contribution is -0.120. The van der Waals surface area contributed by atoms with Gasteiger partial charge in [0.25, 0.3) is 5.56 Å². The number of amides is 1. The first kappa shape index (κ1) is 12.2. The molecule has 0 saturated heterocycles. The first-order chi connectivity index (χ1) is 7.38. The van der Waals surface area contributed by atoms with Crippen LogP contribution in [-0.2, 0) is 4.79 Å². The monoisotopic (exact) mass is 224 g/mol. The fourth-order valence-electron chi connectivity index (χ4n) is 1.10. The fourth-order valence-corrected chi connectivity index (χ4v) is 1.10. The molecule has 0 unspecified atom stereocenters. The summed E-state index contributed by atoms with van der Waals surface area (Å²) in [5.41, 5.74) is -0.624. The second-order valence-electron chi connectivity index (χ2n) is 4.42. The minimum atomic E-state index is -0.342. The van der Waals surface area contributed by atoms with E-state index in [9.17, 15) is 9.59 Å². The number of carbonyl (C=O) groups is 1. The van der Waals surface area contributed by atoms with Gasteiger partial charge >= 0.3 is 0 Å². The molecule has 1 amide bonds. The second kappa shape index (κ2) is 4.78. The van der Waals surface area contributed by atoms with Gasteiger partial charge in [-0.25, -0.2) is 4.98 Å². The lowest BCUT2D eigenvalue weighted by atomic mass is 10.1. The summed E-state index contributed by atoms with van der Waals surface area (Å²) in [6.45, 7) is 5.69. The zero-order chi connectivity index (χ0) is 12.2. The summed E-state index contributed by atoms with van der Waals surface area (Å²) in [7, 11) is 0. The van der Waals surface area contributed by atoms with Crippen LogP contribution in [0.5, 0.6) is 0 Å². The average molecular weight is 224 g/mol. The van der Waals surface area contributed by atoms with E-state index in [-0.39, 0.29) is 29.4 Å². The molecular weight excluding hydrogens is 208 g/mol. The zero-order valence-corrected chi connectivity index (χ0v) is 9.63. The van der Waals surface area contributed by atoms with Crippen molar-refractivity contribution in [3.05, 3.63) is 22.7 Å². The minimum Gasteiger partial charge on any atom is -0.356 e. The molecule has 1 heterocycles. The van der Waals surface area contributed by atoms with Gasteiger partial charge in [0.05, 0.1) is 6.54 Å². The lowest BCUT2D eigenvalue weighted by Crippen LogP contribution is -2.43. The molecular formula is C10H16N4O2. The molecule has 0 spiro atoms. The lowest BCUT2D eigenvalue weighted by Gasteiger charge is -2.20. The zero-order valence-electron chi connectivity index (χ0n) is 9.63. The largest absolute Gasteiger partial charge is 0.356 e. The number of aromatic amines is 1. The molecule has 0 radical (unpaired) electrons. The van der Waals surface area contributed by atoms with E-state index in [4.69, 9.17) is 0 Å². The van der Waals surface area contributed by atoms with Crippen LogP contribution >= 0.6 is 0 Å². The SMILES string of the molecule is CC(C)(C)NC(=O)CNc1ncc[nH]c1=O. The van der Waals surface area contributed by atoms with Crippen molar-refractivity contribution in [1.29, 1.82) is 0 Å². The Kier molecular flexibility index (Phi) is 3.65. The molecule has 6 heteroatoms. The topological polar surface area (TPSA) is 86.9 Å². The van der Waals surface area contributed by atoms with E-state index in [1.807, 2.05) is 20.8 Å². The molecule has 0 atom stereocenters. The Labute approximate surface area is 93.5 Å². The highest BCUT2D eigenvalue weighted by atomic mass is 16.2. The summed E-state index contributed by atoms with van der Waals surface area (Å²) in [6, 6.07) is 0. The van der Waals surface area contributed by atoms with Crippen molar-refractivity contribution in [2.75, 3.05) is 11.9 Å². The number of hydrogen-bond donors (Lipinski definition) is 3. The van der Waals surface area contributed by atoms with Gasteiger partial charge in [0, 0.05) is 17.9 Å². The van der Waals surface area contributed by atoms with Crippen LogP contribution in [0.4, 0.5) is 5.82 Å². The van der Waals surface area contributed by atoms with Crippen LogP contribution in [0.15, 0.2) is 17.2 Å². The molecule has 0 aliphatic rings. The van der Waals surface area contributed by atoms with Crippen LogP contribution in [0, 0.1) is 0 Å². The van der Waals surface area contributed by atoms with Gasteiger partial charge in [0.2, 0.25) is 5.91 Å². The van der Waals surface area contributed by atoms with Gasteiger partial charge in [-0.1, -0.05) is 0 Å². The van der Waals surface area contributed by atoms with Crippen LogP contribution in [-0.4, -0.2) is 28.0 Å². The average Bonchev–Trinajstić information content (AvgIpc) is 2.14. The molecule has 88 valence electrons. The van der Waals surface area contributed by atoms with Crippen LogP contribution in [0.1, 0.15) is 20.8 Å². The molecule has 0 bridgehead atoms. The summed E-state index contributed by atoms with van der Waals surface area (Å²) in [4.78, 5) is 28.9. The number of nitrogens with one attached hydrogen (secondary N) is 3. The number of aromatic nitrogens is 2. The summed E-state index contributed by atoms with van der Waals surface area (Å²) in [5.74, 6) is -0.0379. The van der Waals surface area contributed by atoms with Crippen LogP contribution in [0.3, 0.4) is 0 Å². The molecule has 16 heavy (non-hydrogen) atoms. The molecule has 0 saturated carbocycles. The fraction of sp³-hybridized carbons (Fsp3) is 0.500. The number of H-pyrrole nitrogens is 1. The van der Waals surface area contributed by atoms with Crippen molar-refractivity contribution in [3.8, 4) is 0 Å². The Balaban J connectivity index is 2.50. The highest BCUT2D eigenvalue weighted by Gasteiger charge is 2.13. The summed E-state index contributed by atoms with van der Waals surface area (Å²) in [6.07, 6.45) is 2.88. The van der Waals surface area contributed by atoms with E-state index in [0.717, 1.165) is 0 Å². The number of rotatable bonds is 3. The van der Waals surface area contributed by atoms with Gasteiger partial charge in [-0.2, -0.15) is 0 Å². The van der Waals surface area contributed by atoms with Gasteiger partial charge in [0.15, 0.2) is 5.82 Å². The van der Waals surface area contributed by atoms with Crippen molar-refractivity contribution in [2.45, 2.75) is 26.3 Å². The molecule has 1 aromatic heterocycles. The highest BCUT2D eigenvalue weighted by Crippen LogP contribution is 1.98. The molecule has 3 N–H and O–H groups in total. The smallest absolute Gasteiger partial charge is 0.290 e. The number of hydrogen-bond acceptors (Lipinski definition) is 4. The summed E-state index contributed by atoms with van der Waals surface area (Å²) in [5, 5.41) is 5.44. The van der Waals surface area contributed by atoms with Crippen molar-refractivity contribution in [1.82, 2.24) is 15.3 Å². The van der Waals surface area contributed by atoms with Crippen molar-refractivity contribution in [2.24, 2.45) is 0 Å². The number of carbonyl (C=O) groups excluding carboxylic acids is 1. The van der Waals surface area contributed by atoms with Crippen molar-refractivity contribution >= 4 is 11.7 Å². The normalized spacial score (nSPS) is 10.9. The first-order valence-corrected chi connectivity index (χ1v) is 4.97. The van der Waals surface area contributed by atoms with Crippen molar-refractivity contribution < 1.29 is 4.79 Å². The molecule has 6 nitrogen and oxygen atoms in total. The Hall–Kier alpha value is -1.85. The van der Waals surface area contributed by atoms with Gasteiger partial charge in [-0.05, 0) is 20.8 Å². The van der Waals surface area contributed by atoms with Crippen LogP contribution in [0.25, 0.3) is 0 Å². The third kappa shape index (κ3) is 4.12. The van der Waals surface area contributed by atoms with Crippen LogP contribution < -0.4 is 16.2 Å².